The number of fused-ring (bicyclic) bond motifs is 1. The highest BCUT2D eigenvalue weighted by molar-refractivity contribution is 6.30. The Kier molecular flexibility index (Phi) is 3.50. The zero-order valence-corrected chi connectivity index (χ0v) is 13.2. The average Bonchev–Trinajstić information content (AvgIpc) is 3.06. The van der Waals surface area contributed by atoms with Crippen molar-refractivity contribution in [1.29, 1.82) is 0 Å². The standard InChI is InChI=1S/C18H12ClNO4/c19-12-4-2-11(3-5-12)15-16(18(22)17(15)21)20-8-10-1-6-13-14(7-10)24-9-23-13/h1-7,20H,8-9H2. The number of nitrogens with one attached hydrogen (secondary N) is 1. The van der Waals surface area contributed by atoms with Gasteiger partial charge in [-0.15, -0.1) is 0 Å². The van der Waals surface area contributed by atoms with Crippen LogP contribution in [0.1, 0.15) is 5.56 Å². The molecular formula is C18H12ClNO4. The van der Waals surface area contributed by atoms with E-state index in [0.717, 1.165) is 5.56 Å². The van der Waals surface area contributed by atoms with Crippen LogP contribution in [-0.2, 0) is 6.54 Å². The summed E-state index contributed by atoms with van der Waals surface area (Å²) in [7, 11) is 0. The van der Waals surface area contributed by atoms with Crippen LogP contribution in [0.4, 0.5) is 5.69 Å². The largest absolute Gasteiger partial charge is 0.454 e. The zero-order valence-electron chi connectivity index (χ0n) is 12.5. The topological polar surface area (TPSA) is 64.6 Å². The number of ether oxygens (including phenoxy) is 2. The van der Waals surface area contributed by atoms with Gasteiger partial charge in [-0.25, -0.2) is 0 Å². The van der Waals surface area contributed by atoms with Gasteiger partial charge in [0.1, 0.15) is 0 Å². The minimum absolute atomic E-state index is 0.213. The normalized spacial score (nSPS) is 12.5. The van der Waals surface area contributed by atoms with Crippen molar-refractivity contribution in [2.24, 2.45) is 0 Å². The van der Waals surface area contributed by atoms with Crippen LogP contribution in [0.2, 0.25) is 5.02 Å². The highest BCUT2D eigenvalue weighted by atomic mass is 35.5. The molecule has 24 heavy (non-hydrogen) atoms. The summed E-state index contributed by atoms with van der Waals surface area (Å²) >= 11 is 5.86. The predicted molar refractivity (Wildman–Crippen MR) is 91.7 cm³/mol. The lowest BCUT2D eigenvalue weighted by Crippen LogP contribution is -2.36. The second-order valence-corrected chi connectivity index (χ2v) is 5.89. The summed E-state index contributed by atoms with van der Waals surface area (Å²) in [5.41, 5.74) is 1.36. The van der Waals surface area contributed by atoms with E-state index in [1.165, 1.54) is 0 Å². The third kappa shape index (κ3) is 2.43. The fraction of sp³-hybridized carbons (Fsp3) is 0.111. The van der Waals surface area contributed by atoms with Gasteiger partial charge in [0.05, 0.1) is 11.3 Å². The van der Waals surface area contributed by atoms with E-state index in [9.17, 15) is 9.59 Å². The number of halogens is 1. The van der Waals surface area contributed by atoms with E-state index >= 15 is 0 Å². The first-order valence-electron chi connectivity index (χ1n) is 7.35. The monoisotopic (exact) mass is 341 g/mol. The minimum atomic E-state index is -0.499. The highest BCUT2D eigenvalue weighted by Gasteiger charge is 2.22. The Morgan fingerprint density at radius 2 is 1.71 bits per heavy atom. The summed E-state index contributed by atoms with van der Waals surface area (Å²) in [6.45, 7) is 0.618. The molecule has 0 radical (unpaired) electrons. The Morgan fingerprint density at radius 1 is 0.958 bits per heavy atom. The molecule has 0 saturated heterocycles. The first-order chi connectivity index (χ1) is 11.6. The van der Waals surface area contributed by atoms with E-state index in [4.69, 9.17) is 21.1 Å². The molecule has 0 amide bonds. The molecule has 0 bridgehead atoms. The Balaban J connectivity index is 1.57. The summed E-state index contributed by atoms with van der Waals surface area (Å²) in [6, 6.07) is 12.4. The smallest absolute Gasteiger partial charge is 0.250 e. The number of benzene rings is 2. The van der Waals surface area contributed by atoms with Crippen molar-refractivity contribution in [3.05, 3.63) is 73.5 Å². The zero-order chi connectivity index (χ0) is 16.7. The van der Waals surface area contributed by atoms with E-state index in [0.29, 0.717) is 39.9 Å². The molecule has 4 rings (SSSR count). The molecule has 5 nitrogen and oxygen atoms in total. The molecule has 1 heterocycles. The second kappa shape index (κ2) is 5.69. The highest BCUT2D eigenvalue weighted by Crippen LogP contribution is 2.33. The lowest BCUT2D eigenvalue weighted by atomic mass is 9.98. The maximum absolute atomic E-state index is 11.9. The molecule has 0 spiro atoms. The Bertz CT molecular complexity index is 987. The van der Waals surface area contributed by atoms with Crippen molar-refractivity contribution in [2.45, 2.75) is 6.54 Å². The maximum Gasteiger partial charge on any atom is 0.250 e. The molecule has 120 valence electrons. The Hall–Kier alpha value is -2.79. The SMILES string of the molecule is O=c1c(NCc2ccc3c(c2)OCO3)c(-c2ccc(Cl)cc2)c1=O. The van der Waals surface area contributed by atoms with Crippen LogP contribution in [0.25, 0.3) is 11.1 Å². The molecule has 0 aromatic heterocycles. The number of rotatable bonds is 4. The van der Waals surface area contributed by atoms with Gasteiger partial charge < -0.3 is 14.8 Å². The van der Waals surface area contributed by atoms with Gasteiger partial charge in [-0.1, -0.05) is 29.8 Å². The van der Waals surface area contributed by atoms with Gasteiger partial charge in [0.15, 0.2) is 11.5 Å². The summed E-state index contributed by atoms with van der Waals surface area (Å²) in [4.78, 5) is 23.8. The van der Waals surface area contributed by atoms with Crippen LogP contribution in [0.15, 0.2) is 52.1 Å². The van der Waals surface area contributed by atoms with Gasteiger partial charge in [0.2, 0.25) is 17.7 Å². The van der Waals surface area contributed by atoms with Gasteiger partial charge in [0, 0.05) is 11.6 Å². The van der Waals surface area contributed by atoms with Gasteiger partial charge in [-0.3, -0.25) is 9.59 Å². The predicted octanol–water partition coefficient (Wildman–Crippen LogP) is 2.94. The lowest BCUT2D eigenvalue weighted by Gasteiger charge is -2.13. The van der Waals surface area contributed by atoms with Crippen molar-refractivity contribution >= 4 is 17.3 Å². The Labute approximate surface area is 142 Å². The lowest BCUT2D eigenvalue weighted by molar-refractivity contribution is 0.174. The van der Waals surface area contributed by atoms with E-state index in [1.807, 2.05) is 18.2 Å². The molecule has 6 heteroatoms. The van der Waals surface area contributed by atoms with Crippen molar-refractivity contribution in [1.82, 2.24) is 0 Å². The van der Waals surface area contributed by atoms with Crippen LogP contribution < -0.4 is 25.6 Å². The van der Waals surface area contributed by atoms with Crippen LogP contribution in [0.3, 0.4) is 0 Å². The van der Waals surface area contributed by atoms with E-state index < -0.39 is 10.9 Å². The van der Waals surface area contributed by atoms with E-state index in [1.54, 1.807) is 24.3 Å². The van der Waals surface area contributed by atoms with Crippen LogP contribution >= 0.6 is 11.6 Å². The minimum Gasteiger partial charge on any atom is -0.454 e. The molecule has 1 aliphatic rings. The summed E-state index contributed by atoms with van der Waals surface area (Å²) < 4.78 is 10.6. The molecule has 0 aliphatic carbocycles. The number of hydrogen-bond donors (Lipinski definition) is 1. The number of anilines is 1. The quantitative estimate of drug-likeness (QED) is 0.739. The van der Waals surface area contributed by atoms with Crippen molar-refractivity contribution in [3.63, 3.8) is 0 Å². The van der Waals surface area contributed by atoms with Crippen LogP contribution in [-0.4, -0.2) is 6.79 Å². The van der Waals surface area contributed by atoms with Crippen molar-refractivity contribution < 1.29 is 9.47 Å². The van der Waals surface area contributed by atoms with E-state index in [2.05, 4.69) is 5.32 Å². The molecular weight excluding hydrogens is 330 g/mol. The van der Waals surface area contributed by atoms with Gasteiger partial charge >= 0.3 is 0 Å². The molecule has 0 unspecified atom stereocenters. The van der Waals surface area contributed by atoms with Gasteiger partial charge in [-0.2, -0.15) is 0 Å². The second-order valence-electron chi connectivity index (χ2n) is 5.46. The third-order valence-corrected chi connectivity index (χ3v) is 4.20. The average molecular weight is 342 g/mol. The molecule has 1 N–H and O–H groups in total. The van der Waals surface area contributed by atoms with Crippen LogP contribution in [0.5, 0.6) is 11.5 Å². The van der Waals surface area contributed by atoms with Gasteiger partial charge in [-0.05, 0) is 35.4 Å². The molecule has 0 fully saturated rings. The third-order valence-electron chi connectivity index (χ3n) is 3.95. The number of hydrogen-bond acceptors (Lipinski definition) is 5. The van der Waals surface area contributed by atoms with Crippen LogP contribution in [0, 0.1) is 0 Å². The fourth-order valence-corrected chi connectivity index (χ4v) is 2.82. The molecule has 0 saturated carbocycles. The summed E-state index contributed by atoms with van der Waals surface area (Å²) in [5.74, 6) is 1.38. The summed E-state index contributed by atoms with van der Waals surface area (Å²) in [5, 5.41) is 3.63. The first kappa shape index (κ1) is 14.8. The maximum atomic E-state index is 11.9. The molecule has 0 atom stereocenters. The van der Waals surface area contributed by atoms with Crippen molar-refractivity contribution in [3.8, 4) is 22.6 Å². The molecule has 3 aromatic carbocycles. The fourth-order valence-electron chi connectivity index (χ4n) is 2.69. The van der Waals surface area contributed by atoms with E-state index in [-0.39, 0.29) is 6.79 Å². The first-order valence-corrected chi connectivity index (χ1v) is 7.73. The molecule has 3 aromatic rings. The Morgan fingerprint density at radius 3 is 2.50 bits per heavy atom. The summed E-state index contributed by atoms with van der Waals surface area (Å²) in [6.07, 6.45) is 0. The van der Waals surface area contributed by atoms with Gasteiger partial charge in [0.25, 0.3) is 0 Å². The van der Waals surface area contributed by atoms with Crippen molar-refractivity contribution in [2.75, 3.05) is 12.1 Å². The molecule has 1 aliphatic heterocycles.